The Balaban J connectivity index is 1.76. The van der Waals surface area contributed by atoms with Gasteiger partial charge in [-0.2, -0.15) is 4.98 Å². The van der Waals surface area contributed by atoms with Crippen molar-refractivity contribution in [3.05, 3.63) is 62.3 Å². The number of allylic oxidation sites excluding steroid dienone is 2. The van der Waals surface area contributed by atoms with E-state index in [0.717, 1.165) is 34.3 Å². The van der Waals surface area contributed by atoms with Crippen molar-refractivity contribution in [2.45, 2.75) is 78.6 Å². The van der Waals surface area contributed by atoms with E-state index < -0.39 is 17.4 Å². The van der Waals surface area contributed by atoms with Gasteiger partial charge in [-0.15, -0.1) is 0 Å². The Kier molecular flexibility index (Phi) is 8.94. The number of ether oxygens (including phenoxy) is 2. The van der Waals surface area contributed by atoms with Gasteiger partial charge in [0.05, 0.1) is 7.11 Å². The second-order valence-corrected chi connectivity index (χ2v) is 11.8. The molecule has 1 unspecified atom stereocenters. The van der Waals surface area contributed by atoms with Crippen molar-refractivity contribution in [2.24, 2.45) is 7.05 Å². The van der Waals surface area contributed by atoms with Gasteiger partial charge in [0.1, 0.15) is 11.4 Å². The number of piperidine rings is 1. The zero-order valence-corrected chi connectivity index (χ0v) is 25.2. The van der Waals surface area contributed by atoms with Crippen molar-refractivity contribution >= 4 is 23.2 Å². The van der Waals surface area contributed by atoms with E-state index in [9.17, 15) is 14.4 Å². The lowest BCUT2D eigenvalue weighted by atomic mass is 10.1. The number of aryl methyl sites for hydroxylation is 2. The van der Waals surface area contributed by atoms with Gasteiger partial charge in [0.15, 0.2) is 11.2 Å². The quantitative estimate of drug-likeness (QED) is 0.415. The molecule has 4 rings (SSSR count). The summed E-state index contributed by atoms with van der Waals surface area (Å²) in [6, 6.07) is 7.54. The Bertz CT molecular complexity index is 1550. The lowest BCUT2D eigenvalue weighted by molar-refractivity contribution is 0.0499. The van der Waals surface area contributed by atoms with E-state index in [2.05, 4.69) is 10.2 Å². The van der Waals surface area contributed by atoms with Crippen LogP contribution in [0.3, 0.4) is 0 Å². The number of hydrogen-bond donors (Lipinski definition) is 1. The molecule has 1 amide bonds. The first kappa shape index (κ1) is 30.0. The number of imidazole rings is 1. The Morgan fingerprint density at radius 2 is 1.90 bits per heavy atom. The number of alkyl carbamates (subject to hydrolysis) is 1. The number of methoxy groups -OCH3 is 1. The van der Waals surface area contributed by atoms with E-state index in [0.29, 0.717) is 49.7 Å². The number of carbonyl (C=O) groups excluding carboxylic acids is 1. The maximum atomic E-state index is 13.5. The molecule has 0 spiro atoms. The smallest absolute Gasteiger partial charge is 0.407 e. The minimum absolute atomic E-state index is 0.147. The van der Waals surface area contributed by atoms with Gasteiger partial charge < -0.3 is 24.3 Å². The molecule has 3 aromatic rings. The third kappa shape index (κ3) is 6.83. The number of rotatable bonds is 8. The second-order valence-electron chi connectivity index (χ2n) is 11.8. The first-order valence-corrected chi connectivity index (χ1v) is 14.1. The van der Waals surface area contributed by atoms with Crippen LogP contribution in [0.2, 0.25) is 0 Å². The monoisotopic (exact) mass is 566 g/mol. The van der Waals surface area contributed by atoms with Crippen molar-refractivity contribution in [1.29, 1.82) is 0 Å². The van der Waals surface area contributed by atoms with Gasteiger partial charge in [-0.05, 0) is 65.5 Å². The second kappa shape index (κ2) is 12.2. The molecule has 0 saturated carbocycles. The number of anilines is 1. The number of fused-ring (bicyclic) bond motifs is 1. The molecule has 0 bridgehead atoms. The third-order valence-electron chi connectivity index (χ3n) is 7.11. The van der Waals surface area contributed by atoms with E-state index in [1.807, 2.05) is 69.5 Å². The molecule has 11 heteroatoms. The Morgan fingerprint density at radius 3 is 2.59 bits per heavy atom. The molecule has 3 heterocycles. The molecule has 2 aromatic heterocycles. The largest absolute Gasteiger partial charge is 0.496 e. The minimum Gasteiger partial charge on any atom is -0.496 e. The van der Waals surface area contributed by atoms with E-state index in [1.54, 1.807) is 11.7 Å². The molecule has 1 fully saturated rings. The molecular weight excluding hydrogens is 524 g/mol. The van der Waals surface area contributed by atoms with Gasteiger partial charge in [-0.3, -0.25) is 13.9 Å². The summed E-state index contributed by atoms with van der Waals surface area (Å²) in [7, 11) is 3.12. The van der Waals surface area contributed by atoms with Gasteiger partial charge in [0.2, 0.25) is 5.95 Å². The van der Waals surface area contributed by atoms with E-state index in [1.165, 1.54) is 7.05 Å². The molecule has 0 radical (unpaired) electrons. The molecule has 1 N–H and O–H groups in total. The summed E-state index contributed by atoms with van der Waals surface area (Å²) >= 11 is 0. The lowest BCUT2D eigenvalue weighted by Crippen LogP contribution is -2.49. The SMILES string of the molecule is COc1ccccc1CCn1c(=O)n(C)c(=O)c2c1nc(N1CCCC(NC(=O)OC(C)(C)C)C1)n2CC=C(C)C. The van der Waals surface area contributed by atoms with Crippen LogP contribution in [-0.2, 0) is 31.3 Å². The van der Waals surface area contributed by atoms with Crippen LogP contribution in [-0.4, -0.2) is 56.6 Å². The highest BCUT2D eigenvalue weighted by Gasteiger charge is 2.29. The number of nitrogens with one attached hydrogen (secondary N) is 1. The summed E-state index contributed by atoms with van der Waals surface area (Å²) in [5, 5.41) is 2.98. The van der Waals surface area contributed by atoms with E-state index in [-0.39, 0.29) is 11.6 Å². The van der Waals surface area contributed by atoms with Gasteiger partial charge >= 0.3 is 11.8 Å². The predicted octanol–water partition coefficient (Wildman–Crippen LogP) is 3.61. The highest BCUT2D eigenvalue weighted by Crippen LogP contribution is 2.25. The maximum absolute atomic E-state index is 13.5. The van der Waals surface area contributed by atoms with Crippen LogP contribution in [0.1, 0.15) is 53.0 Å². The first-order chi connectivity index (χ1) is 19.4. The molecule has 222 valence electrons. The average molecular weight is 567 g/mol. The standard InChI is InChI=1S/C30H42N6O5/c1-20(2)14-17-35-24-25(32-27(35)34-16-10-12-22(19-34)31-28(38)41-30(3,4)5)36(29(39)33(6)26(24)37)18-15-21-11-8-9-13-23(21)40-7/h8-9,11,13-14,22H,10,12,15-19H2,1-7H3,(H,31,38). The number of para-hydroxylation sites is 1. The van der Waals surface area contributed by atoms with Crippen LogP contribution in [0.25, 0.3) is 11.2 Å². The summed E-state index contributed by atoms with van der Waals surface area (Å²) in [6.45, 7) is 11.5. The minimum atomic E-state index is -0.593. The summed E-state index contributed by atoms with van der Waals surface area (Å²) in [4.78, 5) is 46.4. The molecule has 41 heavy (non-hydrogen) atoms. The maximum Gasteiger partial charge on any atom is 0.407 e. The average Bonchev–Trinajstić information content (AvgIpc) is 3.29. The highest BCUT2D eigenvalue weighted by molar-refractivity contribution is 5.75. The molecule has 1 saturated heterocycles. The molecule has 1 aliphatic rings. The van der Waals surface area contributed by atoms with Crippen LogP contribution in [0.4, 0.5) is 10.7 Å². The normalized spacial score (nSPS) is 15.6. The van der Waals surface area contributed by atoms with Crippen molar-refractivity contribution in [2.75, 3.05) is 25.1 Å². The van der Waals surface area contributed by atoms with Crippen LogP contribution in [0.15, 0.2) is 45.5 Å². The summed E-state index contributed by atoms with van der Waals surface area (Å²) in [5.41, 5.74) is 1.39. The van der Waals surface area contributed by atoms with Crippen LogP contribution < -0.4 is 26.2 Å². The Morgan fingerprint density at radius 1 is 1.17 bits per heavy atom. The molecule has 1 atom stereocenters. The lowest BCUT2D eigenvalue weighted by Gasteiger charge is -2.34. The van der Waals surface area contributed by atoms with Crippen LogP contribution in [0.5, 0.6) is 5.75 Å². The molecule has 1 aliphatic heterocycles. The summed E-state index contributed by atoms with van der Waals surface area (Å²) < 4.78 is 15.6. The fraction of sp³-hybridized carbons (Fsp3) is 0.533. The fourth-order valence-corrected chi connectivity index (χ4v) is 5.13. The van der Waals surface area contributed by atoms with Crippen molar-refractivity contribution in [3.8, 4) is 5.75 Å². The molecular formula is C30H42N6O5. The van der Waals surface area contributed by atoms with Gasteiger partial charge in [-0.1, -0.05) is 29.8 Å². The van der Waals surface area contributed by atoms with Gasteiger partial charge in [0.25, 0.3) is 5.56 Å². The van der Waals surface area contributed by atoms with E-state index in [4.69, 9.17) is 14.5 Å². The number of carbonyl (C=O) groups is 1. The number of nitrogens with zero attached hydrogens (tertiary/aromatic N) is 5. The van der Waals surface area contributed by atoms with Crippen LogP contribution in [0, 0.1) is 0 Å². The van der Waals surface area contributed by atoms with Crippen molar-refractivity contribution < 1.29 is 14.3 Å². The fourth-order valence-electron chi connectivity index (χ4n) is 5.13. The van der Waals surface area contributed by atoms with Crippen molar-refractivity contribution in [1.82, 2.24) is 24.0 Å². The van der Waals surface area contributed by atoms with Crippen LogP contribution >= 0.6 is 0 Å². The number of amides is 1. The zero-order chi connectivity index (χ0) is 29.9. The number of aromatic nitrogens is 4. The Hall–Kier alpha value is -4.02. The predicted molar refractivity (Wildman–Crippen MR) is 160 cm³/mol. The molecule has 1 aromatic carbocycles. The topological polar surface area (TPSA) is 113 Å². The number of hydrogen-bond acceptors (Lipinski definition) is 7. The van der Waals surface area contributed by atoms with E-state index >= 15 is 0 Å². The highest BCUT2D eigenvalue weighted by atomic mass is 16.6. The van der Waals surface area contributed by atoms with Gasteiger partial charge in [0, 0.05) is 39.3 Å². The number of benzene rings is 1. The van der Waals surface area contributed by atoms with Gasteiger partial charge in [-0.25, -0.2) is 9.59 Å². The zero-order valence-electron chi connectivity index (χ0n) is 25.2. The third-order valence-corrected chi connectivity index (χ3v) is 7.11. The first-order valence-electron chi connectivity index (χ1n) is 14.1. The van der Waals surface area contributed by atoms with Crippen molar-refractivity contribution in [3.63, 3.8) is 0 Å². The summed E-state index contributed by atoms with van der Waals surface area (Å²) in [5.74, 6) is 1.34. The molecule has 0 aliphatic carbocycles. The Labute approximate surface area is 240 Å². The molecule has 11 nitrogen and oxygen atoms in total. The summed E-state index contributed by atoms with van der Waals surface area (Å²) in [6.07, 6.45) is 3.73.